The van der Waals surface area contributed by atoms with Crippen LogP contribution >= 0.6 is 11.3 Å². The van der Waals surface area contributed by atoms with Crippen LogP contribution < -0.4 is 0 Å². The normalized spacial score (nSPS) is 13.4. The van der Waals surface area contributed by atoms with Crippen molar-refractivity contribution in [2.24, 2.45) is 0 Å². The number of carbonyl (C=O) groups excluding carboxylic acids is 2. The molecule has 0 N–H and O–H groups in total. The molecular formula is C29H16N2O2S. The van der Waals surface area contributed by atoms with Crippen LogP contribution in [0.15, 0.2) is 96.7 Å². The Labute approximate surface area is 198 Å². The molecular weight excluding hydrogens is 440 g/mol. The fourth-order valence-electron chi connectivity index (χ4n) is 4.84. The van der Waals surface area contributed by atoms with Gasteiger partial charge in [0.15, 0.2) is 11.6 Å². The van der Waals surface area contributed by atoms with E-state index in [1.165, 1.54) is 11.3 Å². The molecule has 0 unspecified atom stereocenters. The molecule has 0 amide bonds. The Morgan fingerprint density at radius 1 is 0.735 bits per heavy atom. The van der Waals surface area contributed by atoms with Gasteiger partial charge in [0.05, 0.1) is 11.1 Å². The van der Waals surface area contributed by atoms with E-state index in [1.807, 2.05) is 66.7 Å². The van der Waals surface area contributed by atoms with Crippen molar-refractivity contribution in [2.45, 2.75) is 0 Å². The molecule has 1 aliphatic carbocycles. The highest BCUT2D eigenvalue weighted by atomic mass is 32.1. The predicted octanol–water partition coefficient (Wildman–Crippen LogP) is 6.86. The monoisotopic (exact) mass is 456 g/mol. The number of pyridine rings is 1. The zero-order valence-corrected chi connectivity index (χ0v) is 18.7. The molecule has 0 radical (unpaired) electrons. The van der Waals surface area contributed by atoms with Crippen LogP contribution in [0.3, 0.4) is 0 Å². The van der Waals surface area contributed by atoms with Gasteiger partial charge >= 0.3 is 0 Å². The van der Waals surface area contributed by atoms with Gasteiger partial charge in [-0.1, -0.05) is 42.5 Å². The van der Waals surface area contributed by atoms with Crippen molar-refractivity contribution < 1.29 is 9.59 Å². The summed E-state index contributed by atoms with van der Waals surface area (Å²) in [6, 6.07) is 27.7. The molecule has 4 nitrogen and oxygen atoms in total. The minimum atomic E-state index is -0.209. The molecule has 0 bridgehead atoms. The van der Waals surface area contributed by atoms with Gasteiger partial charge < -0.3 is 0 Å². The average molecular weight is 457 g/mol. The van der Waals surface area contributed by atoms with Gasteiger partial charge in [-0.25, -0.2) is 4.98 Å². The van der Waals surface area contributed by atoms with Crippen LogP contribution in [0.1, 0.15) is 25.6 Å². The van der Waals surface area contributed by atoms with E-state index in [4.69, 9.17) is 0 Å². The fourth-order valence-corrected chi connectivity index (χ4v) is 5.81. The molecule has 5 heteroatoms. The number of fused-ring (bicyclic) bond motifs is 5. The van der Waals surface area contributed by atoms with Crippen molar-refractivity contribution >= 4 is 61.7 Å². The maximum absolute atomic E-state index is 13.1. The Morgan fingerprint density at radius 3 is 2.18 bits per heavy atom. The van der Waals surface area contributed by atoms with Gasteiger partial charge in [-0.15, -0.1) is 11.3 Å². The molecule has 1 aliphatic rings. The number of hydrogen-bond acceptors (Lipinski definition) is 4. The number of Topliss-reactive ketones (excluding diaryl/α,β-unsaturated/α-hetero) is 2. The quantitative estimate of drug-likeness (QED) is 0.211. The van der Waals surface area contributed by atoms with E-state index < -0.39 is 0 Å². The summed E-state index contributed by atoms with van der Waals surface area (Å²) in [7, 11) is 0. The lowest BCUT2D eigenvalue weighted by Crippen LogP contribution is -1.99. The summed E-state index contributed by atoms with van der Waals surface area (Å²) in [5, 5.41) is 5.14. The van der Waals surface area contributed by atoms with Crippen LogP contribution in [0.2, 0.25) is 0 Å². The van der Waals surface area contributed by atoms with Crippen molar-refractivity contribution in [1.82, 2.24) is 9.55 Å². The van der Waals surface area contributed by atoms with Crippen molar-refractivity contribution in [3.63, 3.8) is 0 Å². The van der Waals surface area contributed by atoms with E-state index in [9.17, 15) is 9.59 Å². The number of para-hydroxylation sites is 1. The van der Waals surface area contributed by atoms with Crippen molar-refractivity contribution in [3.8, 4) is 5.00 Å². The molecule has 0 saturated carbocycles. The number of allylic oxidation sites excluding steroid dienone is 1. The third-order valence-electron chi connectivity index (χ3n) is 6.42. The summed E-state index contributed by atoms with van der Waals surface area (Å²) >= 11 is 1.54. The summed E-state index contributed by atoms with van der Waals surface area (Å²) in [6.07, 6.45) is 3.52. The summed E-state index contributed by atoms with van der Waals surface area (Å²) < 4.78 is 2.14. The second-order valence-corrected chi connectivity index (χ2v) is 9.46. The molecule has 34 heavy (non-hydrogen) atoms. The smallest absolute Gasteiger partial charge is 0.197 e. The van der Waals surface area contributed by atoms with Crippen molar-refractivity contribution in [3.05, 3.63) is 113 Å². The van der Waals surface area contributed by atoms with E-state index in [2.05, 4.69) is 27.8 Å². The Hall–Kier alpha value is -4.35. The lowest BCUT2D eigenvalue weighted by atomic mass is 10.0. The number of thiophene rings is 1. The summed E-state index contributed by atoms with van der Waals surface area (Å²) in [4.78, 5) is 31.8. The molecule has 160 valence electrons. The molecule has 0 aliphatic heterocycles. The number of ketones is 2. The minimum absolute atomic E-state index is 0.209. The van der Waals surface area contributed by atoms with E-state index >= 15 is 0 Å². The van der Waals surface area contributed by atoms with Gasteiger partial charge in [-0.2, -0.15) is 0 Å². The van der Waals surface area contributed by atoms with Gasteiger partial charge in [-0.3, -0.25) is 14.2 Å². The molecule has 6 aromatic rings. The van der Waals surface area contributed by atoms with Crippen LogP contribution in [-0.2, 0) is 0 Å². The average Bonchev–Trinajstić information content (AvgIpc) is 3.53. The number of carbonyl (C=O) groups is 2. The van der Waals surface area contributed by atoms with Crippen molar-refractivity contribution in [1.29, 1.82) is 0 Å². The minimum Gasteiger partial charge on any atom is -0.288 e. The first-order chi connectivity index (χ1) is 16.7. The standard InChI is InChI=1S/C29H16N2O2S/c32-27-22-14-17-6-1-2-7-18(17)15-23(22)28(33)24(27)16-19-11-12-26(34-19)31-25-10-4-3-8-20(25)21-9-5-13-30-29(21)31/h1-16H. The third kappa shape index (κ3) is 2.68. The van der Waals surface area contributed by atoms with Gasteiger partial charge in [0.1, 0.15) is 10.6 Å². The number of aromatic nitrogens is 2. The van der Waals surface area contributed by atoms with Gasteiger partial charge in [0.2, 0.25) is 0 Å². The molecule has 3 aromatic heterocycles. The summed E-state index contributed by atoms with van der Waals surface area (Å²) in [5.41, 5.74) is 3.15. The van der Waals surface area contributed by atoms with Crippen molar-refractivity contribution in [2.75, 3.05) is 0 Å². The molecule has 0 fully saturated rings. The Balaban J connectivity index is 1.34. The molecule has 7 rings (SSSR count). The largest absolute Gasteiger partial charge is 0.288 e. The van der Waals surface area contributed by atoms with Crippen LogP contribution in [0.25, 0.3) is 43.8 Å². The lowest BCUT2D eigenvalue weighted by Gasteiger charge is -2.02. The Kier molecular flexibility index (Phi) is 3.98. The maximum atomic E-state index is 13.1. The number of nitrogens with zero attached hydrogens (tertiary/aromatic N) is 2. The first-order valence-corrected chi connectivity index (χ1v) is 11.8. The second kappa shape index (κ2) is 7.07. The zero-order valence-electron chi connectivity index (χ0n) is 17.9. The Morgan fingerprint density at radius 2 is 1.41 bits per heavy atom. The second-order valence-electron chi connectivity index (χ2n) is 8.36. The molecule has 0 atom stereocenters. The molecule has 3 heterocycles. The molecule has 3 aromatic carbocycles. The SMILES string of the molecule is O=C1C(=Cc2ccc(-n3c4ccccc4c4cccnc43)s2)C(=O)c2cc3ccccc3cc21. The van der Waals surface area contributed by atoms with Crippen LogP contribution in [0.4, 0.5) is 0 Å². The highest BCUT2D eigenvalue weighted by Crippen LogP contribution is 2.36. The van der Waals surface area contributed by atoms with E-state index in [-0.39, 0.29) is 17.1 Å². The fraction of sp³-hybridized carbons (Fsp3) is 0. The number of benzene rings is 3. The van der Waals surface area contributed by atoms with Gasteiger partial charge in [0.25, 0.3) is 0 Å². The summed E-state index contributed by atoms with van der Waals surface area (Å²) in [6.45, 7) is 0. The summed E-state index contributed by atoms with van der Waals surface area (Å²) in [5.74, 6) is -0.418. The van der Waals surface area contributed by atoms with Gasteiger partial charge in [-0.05, 0) is 59.3 Å². The third-order valence-corrected chi connectivity index (χ3v) is 7.43. The zero-order chi connectivity index (χ0) is 22.8. The first-order valence-electron chi connectivity index (χ1n) is 11.0. The number of rotatable bonds is 2. The Bertz CT molecular complexity index is 1750. The van der Waals surface area contributed by atoms with E-state index in [1.54, 1.807) is 12.3 Å². The van der Waals surface area contributed by atoms with E-state index in [0.717, 1.165) is 42.6 Å². The van der Waals surface area contributed by atoms with Gasteiger partial charge in [0, 0.05) is 33.0 Å². The van der Waals surface area contributed by atoms with E-state index in [0.29, 0.717) is 11.1 Å². The molecule has 0 spiro atoms. The highest BCUT2D eigenvalue weighted by Gasteiger charge is 2.33. The first kappa shape index (κ1) is 19.1. The lowest BCUT2D eigenvalue weighted by molar-refractivity contribution is 0.0990. The predicted molar refractivity (Wildman–Crippen MR) is 137 cm³/mol. The highest BCUT2D eigenvalue weighted by molar-refractivity contribution is 7.15. The van der Waals surface area contributed by atoms with Crippen LogP contribution in [0.5, 0.6) is 0 Å². The number of hydrogen-bond donors (Lipinski definition) is 0. The topological polar surface area (TPSA) is 52.0 Å². The molecule has 0 saturated heterocycles. The maximum Gasteiger partial charge on any atom is 0.197 e. The van der Waals surface area contributed by atoms with Crippen LogP contribution in [0, 0.1) is 0 Å². The van der Waals surface area contributed by atoms with Crippen LogP contribution in [-0.4, -0.2) is 21.1 Å².